The molecule has 38 heavy (non-hydrogen) atoms. The van der Waals surface area contributed by atoms with Gasteiger partial charge in [-0.1, -0.05) is 26.0 Å². The minimum Gasteiger partial charge on any atom is -0.497 e. The lowest BCUT2D eigenvalue weighted by atomic mass is 10.1. The molecule has 0 spiro atoms. The smallest absolute Gasteiger partial charge is 0.416 e. The van der Waals surface area contributed by atoms with Crippen LogP contribution < -0.4 is 4.74 Å². The molecule has 7 nitrogen and oxygen atoms in total. The van der Waals surface area contributed by atoms with Crippen LogP contribution in [-0.2, 0) is 34.9 Å². The lowest BCUT2D eigenvalue weighted by molar-refractivity contribution is -0.137. The average Bonchev–Trinajstić information content (AvgIpc) is 3.23. The van der Waals surface area contributed by atoms with Crippen molar-refractivity contribution in [1.29, 1.82) is 0 Å². The van der Waals surface area contributed by atoms with E-state index in [0.717, 1.165) is 24.3 Å². The van der Waals surface area contributed by atoms with Crippen molar-refractivity contribution in [2.75, 3.05) is 7.11 Å². The molecule has 0 saturated heterocycles. The van der Waals surface area contributed by atoms with Crippen molar-refractivity contribution in [2.24, 2.45) is 5.92 Å². The number of methoxy groups -OCH3 is 1. The van der Waals surface area contributed by atoms with Crippen LogP contribution in [0.4, 0.5) is 13.2 Å². The van der Waals surface area contributed by atoms with Crippen molar-refractivity contribution in [3.63, 3.8) is 0 Å². The highest BCUT2D eigenvalue weighted by molar-refractivity contribution is 7.90. The van der Waals surface area contributed by atoms with Gasteiger partial charge in [0.05, 0.1) is 36.9 Å². The van der Waals surface area contributed by atoms with Gasteiger partial charge in [0, 0.05) is 18.2 Å². The van der Waals surface area contributed by atoms with Crippen LogP contribution in [0.15, 0.2) is 59.9 Å². The summed E-state index contributed by atoms with van der Waals surface area (Å²) in [5.74, 6) is -0.131. The Balaban J connectivity index is 1.94. The molecule has 0 aliphatic heterocycles. The number of nitrogens with zero attached hydrogens (tertiary/aromatic N) is 3. The van der Waals surface area contributed by atoms with Crippen molar-refractivity contribution in [2.45, 2.75) is 63.9 Å². The maximum absolute atomic E-state index is 13.4. The van der Waals surface area contributed by atoms with E-state index in [2.05, 4.69) is 4.98 Å². The number of ether oxygens (including phenoxy) is 1. The molecular formula is C27H32F3N3O4S. The van der Waals surface area contributed by atoms with E-state index in [9.17, 15) is 26.4 Å². The molecule has 0 aliphatic rings. The Bertz CT molecular complexity index is 1360. The third-order valence-electron chi connectivity index (χ3n) is 5.89. The van der Waals surface area contributed by atoms with Crippen molar-refractivity contribution >= 4 is 15.7 Å². The van der Waals surface area contributed by atoms with E-state index in [0.29, 0.717) is 23.6 Å². The van der Waals surface area contributed by atoms with Gasteiger partial charge in [-0.05, 0) is 61.7 Å². The number of benzene rings is 2. The summed E-state index contributed by atoms with van der Waals surface area (Å²) in [6.07, 6.45) is -3.06. The lowest BCUT2D eigenvalue weighted by Crippen LogP contribution is -2.37. The summed E-state index contributed by atoms with van der Waals surface area (Å²) in [6.45, 7) is 7.83. The van der Waals surface area contributed by atoms with Crippen LogP contribution in [0.1, 0.15) is 54.9 Å². The number of rotatable bonds is 10. The molecule has 0 bridgehead atoms. The minimum atomic E-state index is -4.50. The summed E-state index contributed by atoms with van der Waals surface area (Å²) >= 11 is 0. The zero-order valence-corrected chi connectivity index (χ0v) is 22.8. The summed E-state index contributed by atoms with van der Waals surface area (Å²) in [6, 6.07) is 10.5. The Morgan fingerprint density at radius 2 is 1.74 bits per heavy atom. The van der Waals surface area contributed by atoms with Crippen LogP contribution in [0.25, 0.3) is 0 Å². The summed E-state index contributed by atoms with van der Waals surface area (Å²) in [5.41, 5.74) is 0.321. The number of carbonyl (C=O) groups is 1. The Labute approximate surface area is 221 Å². The second-order valence-corrected chi connectivity index (χ2v) is 11.6. The molecule has 2 aromatic carbocycles. The number of amides is 1. The number of alkyl halides is 3. The number of aromatic nitrogens is 2. The monoisotopic (exact) mass is 551 g/mol. The van der Waals surface area contributed by atoms with Crippen LogP contribution in [-0.4, -0.2) is 41.9 Å². The molecule has 1 amide bonds. The summed E-state index contributed by atoms with van der Waals surface area (Å²) in [4.78, 5) is 19.0. The fourth-order valence-electron chi connectivity index (χ4n) is 4.00. The van der Waals surface area contributed by atoms with Crippen LogP contribution in [0, 0.1) is 5.92 Å². The minimum absolute atomic E-state index is 0.0337. The van der Waals surface area contributed by atoms with Gasteiger partial charge in [0.2, 0.25) is 15.0 Å². The molecule has 0 saturated carbocycles. The van der Waals surface area contributed by atoms with Gasteiger partial charge in [-0.15, -0.1) is 0 Å². The summed E-state index contributed by atoms with van der Waals surface area (Å²) in [7, 11) is -2.35. The predicted octanol–water partition coefficient (Wildman–Crippen LogP) is 5.59. The maximum atomic E-state index is 13.4. The molecule has 3 aromatic rings. The highest BCUT2D eigenvalue weighted by Gasteiger charge is 2.31. The highest BCUT2D eigenvalue weighted by Crippen LogP contribution is 2.29. The van der Waals surface area contributed by atoms with Gasteiger partial charge < -0.3 is 14.2 Å². The topological polar surface area (TPSA) is 81.5 Å². The predicted molar refractivity (Wildman–Crippen MR) is 137 cm³/mol. The molecule has 0 aliphatic carbocycles. The number of carbonyl (C=O) groups excluding carboxylic acids is 1. The van der Waals surface area contributed by atoms with Crippen molar-refractivity contribution in [1.82, 2.24) is 14.5 Å². The molecule has 0 radical (unpaired) electrons. The van der Waals surface area contributed by atoms with E-state index in [1.165, 1.54) is 18.2 Å². The Kier molecular flexibility index (Phi) is 8.91. The Hall–Kier alpha value is -3.34. The van der Waals surface area contributed by atoms with E-state index in [1.807, 2.05) is 13.8 Å². The molecule has 1 aromatic heterocycles. The third-order valence-corrected chi connectivity index (χ3v) is 7.49. The van der Waals surface area contributed by atoms with E-state index < -0.39 is 27.5 Å². The van der Waals surface area contributed by atoms with Gasteiger partial charge in [0.15, 0.2) is 0 Å². The van der Waals surface area contributed by atoms with Gasteiger partial charge in [-0.3, -0.25) is 4.79 Å². The molecule has 11 heteroatoms. The van der Waals surface area contributed by atoms with Crippen molar-refractivity contribution in [3.8, 4) is 5.75 Å². The summed E-state index contributed by atoms with van der Waals surface area (Å²) in [5, 5.41) is -0.102. The SMILES string of the molecule is COc1cccc(CS(=O)(=O)c2ncc(CN(C(=O)c3ccc(C(F)(F)F)cc3)C(C)C)n2CC(C)C)c1. The van der Waals surface area contributed by atoms with Crippen molar-refractivity contribution < 1.29 is 31.1 Å². The zero-order valence-electron chi connectivity index (χ0n) is 22.0. The molecule has 0 atom stereocenters. The Morgan fingerprint density at radius 1 is 1.08 bits per heavy atom. The molecule has 0 unspecified atom stereocenters. The lowest BCUT2D eigenvalue weighted by Gasteiger charge is -2.28. The number of halogens is 3. The Morgan fingerprint density at radius 3 is 2.29 bits per heavy atom. The molecule has 206 valence electrons. The number of sulfone groups is 1. The van der Waals surface area contributed by atoms with Crippen molar-refractivity contribution in [3.05, 3.63) is 77.1 Å². The standard InChI is InChI=1S/C27H32F3N3O4S/c1-18(2)15-33-23(14-31-26(33)38(35,36)17-20-7-6-8-24(13-20)37-5)16-32(19(3)4)25(34)21-9-11-22(12-10-21)27(28,29)30/h6-14,18-19H,15-17H2,1-5H3. The van der Waals surface area contributed by atoms with E-state index in [-0.39, 0.29) is 35.0 Å². The first-order valence-corrected chi connectivity index (χ1v) is 13.8. The number of hydrogen-bond donors (Lipinski definition) is 0. The molecule has 0 N–H and O–H groups in total. The van der Waals surface area contributed by atoms with E-state index in [4.69, 9.17) is 4.74 Å². The molecule has 3 rings (SSSR count). The zero-order chi connectivity index (χ0) is 28.3. The van der Waals surface area contributed by atoms with Crippen LogP contribution >= 0.6 is 0 Å². The normalized spacial score (nSPS) is 12.3. The number of hydrogen-bond acceptors (Lipinski definition) is 5. The van der Waals surface area contributed by atoms with Crippen LogP contribution in [0.2, 0.25) is 0 Å². The largest absolute Gasteiger partial charge is 0.497 e. The van der Waals surface area contributed by atoms with Gasteiger partial charge in [0.25, 0.3) is 5.91 Å². The van der Waals surface area contributed by atoms with Gasteiger partial charge >= 0.3 is 6.18 Å². The van der Waals surface area contributed by atoms with E-state index in [1.54, 1.807) is 42.7 Å². The second-order valence-electron chi connectivity index (χ2n) is 9.75. The first kappa shape index (κ1) is 29.2. The average molecular weight is 552 g/mol. The quantitative estimate of drug-likeness (QED) is 0.328. The first-order chi connectivity index (χ1) is 17.7. The summed E-state index contributed by atoms with van der Waals surface area (Å²) < 4.78 is 72.5. The van der Waals surface area contributed by atoms with Crippen LogP contribution in [0.3, 0.4) is 0 Å². The van der Waals surface area contributed by atoms with Gasteiger partial charge in [-0.25, -0.2) is 13.4 Å². The fraction of sp³-hybridized carbons (Fsp3) is 0.407. The van der Waals surface area contributed by atoms with Gasteiger partial charge in [-0.2, -0.15) is 13.2 Å². The highest BCUT2D eigenvalue weighted by atomic mass is 32.2. The fourth-order valence-corrected chi connectivity index (χ4v) is 5.49. The van der Waals surface area contributed by atoms with Gasteiger partial charge in [0.1, 0.15) is 5.75 Å². The van der Waals surface area contributed by atoms with E-state index >= 15 is 0 Å². The number of imidazole rings is 1. The molecular weight excluding hydrogens is 519 g/mol. The molecule has 1 heterocycles. The third kappa shape index (κ3) is 6.94. The molecule has 0 fully saturated rings. The maximum Gasteiger partial charge on any atom is 0.416 e. The first-order valence-electron chi connectivity index (χ1n) is 12.1. The van der Waals surface area contributed by atoms with Crippen LogP contribution in [0.5, 0.6) is 5.75 Å². The second kappa shape index (κ2) is 11.6.